The number of nitrogens with one attached hydrogen (secondary N) is 2. The van der Waals surface area contributed by atoms with Crippen molar-refractivity contribution in [2.45, 2.75) is 78.3 Å². The van der Waals surface area contributed by atoms with Crippen molar-refractivity contribution in [3.05, 3.63) is 35.4 Å². The van der Waals surface area contributed by atoms with Gasteiger partial charge in [-0.15, -0.1) is 0 Å². The van der Waals surface area contributed by atoms with Crippen molar-refractivity contribution in [3.8, 4) is 0 Å². The smallest absolute Gasteiger partial charge is 0.191 e. The third kappa shape index (κ3) is 7.78. The number of ether oxygens (including phenoxy) is 1. The summed E-state index contributed by atoms with van der Waals surface area (Å²) in [5, 5.41) is 7.13. The van der Waals surface area contributed by atoms with Crippen LogP contribution in [0.1, 0.15) is 58.1 Å². The Kier molecular flexibility index (Phi) is 9.62. The van der Waals surface area contributed by atoms with Crippen LogP contribution in [0.15, 0.2) is 29.3 Å². The zero-order chi connectivity index (χ0) is 22.1. The zero-order valence-corrected chi connectivity index (χ0v) is 20.1. The summed E-state index contributed by atoms with van der Waals surface area (Å²) < 4.78 is 5.90. The highest BCUT2D eigenvalue weighted by Crippen LogP contribution is 2.18. The van der Waals surface area contributed by atoms with Gasteiger partial charge >= 0.3 is 0 Å². The molecule has 0 amide bonds. The molecule has 2 unspecified atom stereocenters. The van der Waals surface area contributed by atoms with E-state index in [1.54, 1.807) is 0 Å². The Morgan fingerprint density at radius 3 is 2.35 bits per heavy atom. The number of aliphatic imine (C=N–C) groups is 1. The van der Waals surface area contributed by atoms with Gasteiger partial charge in [0.1, 0.15) is 0 Å². The van der Waals surface area contributed by atoms with Crippen LogP contribution in [-0.4, -0.2) is 73.3 Å². The van der Waals surface area contributed by atoms with E-state index >= 15 is 0 Å². The highest BCUT2D eigenvalue weighted by Gasteiger charge is 2.23. The molecule has 0 aliphatic carbocycles. The van der Waals surface area contributed by atoms with E-state index in [4.69, 9.17) is 9.73 Å². The predicted molar refractivity (Wildman–Crippen MR) is 129 cm³/mol. The standard InChI is InChI=1S/C25H43N5O/c1-5-13-29-14-11-24(12-15-29)28-25(26-6-2)27-16-22-9-7-8-10-23(22)19-30-17-20(3)31-21(4)18-30/h7-10,20-21,24H,5-6,11-19H2,1-4H3,(H2,26,27,28). The molecule has 0 radical (unpaired) electrons. The Balaban J connectivity index is 1.59. The van der Waals surface area contributed by atoms with E-state index in [2.05, 4.69) is 72.4 Å². The minimum atomic E-state index is 0.294. The summed E-state index contributed by atoms with van der Waals surface area (Å²) in [5.41, 5.74) is 2.68. The molecule has 2 fully saturated rings. The zero-order valence-electron chi connectivity index (χ0n) is 20.1. The highest BCUT2D eigenvalue weighted by atomic mass is 16.5. The van der Waals surface area contributed by atoms with Crippen molar-refractivity contribution < 1.29 is 4.74 Å². The molecule has 0 aromatic heterocycles. The maximum atomic E-state index is 5.90. The van der Waals surface area contributed by atoms with Crippen molar-refractivity contribution in [2.24, 2.45) is 4.99 Å². The van der Waals surface area contributed by atoms with Crippen LogP contribution in [0, 0.1) is 0 Å². The monoisotopic (exact) mass is 429 g/mol. The second kappa shape index (κ2) is 12.4. The molecule has 1 aromatic rings. The molecule has 0 saturated carbocycles. The molecule has 2 saturated heterocycles. The molecule has 2 aliphatic heterocycles. The van der Waals surface area contributed by atoms with Crippen LogP contribution < -0.4 is 10.6 Å². The summed E-state index contributed by atoms with van der Waals surface area (Å²) in [6.07, 6.45) is 4.21. The first-order chi connectivity index (χ1) is 15.1. The first-order valence-corrected chi connectivity index (χ1v) is 12.3. The predicted octanol–water partition coefficient (Wildman–Crippen LogP) is 3.23. The number of hydrogen-bond acceptors (Lipinski definition) is 4. The topological polar surface area (TPSA) is 52.1 Å². The van der Waals surface area contributed by atoms with Gasteiger partial charge in [0.15, 0.2) is 5.96 Å². The lowest BCUT2D eigenvalue weighted by molar-refractivity contribution is -0.0705. The van der Waals surface area contributed by atoms with Gasteiger partial charge < -0.3 is 20.3 Å². The highest BCUT2D eigenvalue weighted by molar-refractivity contribution is 5.80. The Labute approximate surface area is 189 Å². The molecular formula is C25H43N5O. The summed E-state index contributed by atoms with van der Waals surface area (Å²) in [6.45, 7) is 16.8. The van der Waals surface area contributed by atoms with Crippen molar-refractivity contribution in [3.63, 3.8) is 0 Å². The third-order valence-electron chi connectivity index (χ3n) is 6.23. The molecule has 1 aromatic carbocycles. The fourth-order valence-corrected chi connectivity index (χ4v) is 4.82. The van der Waals surface area contributed by atoms with Crippen LogP contribution in [0.4, 0.5) is 0 Å². The SMILES string of the molecule is CCCN1CCC(NC(=NCc2ccccc2CN2CC(C)OC(C)C2)NCC)CC1. The van der Waals surface area contributed by atoms with Crippen LogP contribution >= 0.6 is 0 Å². The summed E-state index contributed by atoms with van der Waals surface area (Å²) >= 11 is 0. The van der Waals surface area contributed by atoms with E-state index in [1.807, 2.05) is 0 Å². The molecule has 31 heavy (non-hydrogen) atoms. The Hall–Kier alpha value is -1.63. The summed E-state index contributed by atoms with van der Waals surface area (Å²) in [6, 6.07) is 9.25. The summed E-state index contributed by atoms with van der Waals surface area (Å²) in [7, 11) is 0. The Morgan fingerprint density at radius 2 is 1.71 bits per heavy atom. The van der Waals surface area contributed by atoms with E-state index in [-0.39, 0.29) is 0 Å². The largest absolute Gasteiger partial charge is 0.373 e. The van der Waals surface area contributed by atoms with E-state index in [1.165, 1.54) is 50.0 Å². The second-order valence-electron chi connectivity index (χ2n) is 9.18. The molecule has 174 valence electrons. The fourth-order valence-electron chi connectivity index (χ4n) is 4.82. The van der Waals surface area contributed by atoms with Crippen molar-refractivity contribution in [1.29, 1.82) is 0 Å². The molecule has 2 heterocycles. The number of hydrogen-bond donors (Lipinski definition) is 2. The number of nitrogens with zero attached hydrogens (tertiary/aromatic N) is 3. The van der Waals surface area contributed by atoms with Gasteiger partial charge in [0.2, 0.25) is 0 Å². The molecule has 6 nitrogen and oxygen atoms in total. The lowest BCUT2D eigenvalue weighted by atomic mass is 10.0. The average molecular weight is 430 g/mol. The third-order valence-corrected chi connectivity index (χ3v) is 6.23. The average Bonchev–Trinajstić information content (AvgIpc) is 2.74. The van der Waals surface area contributed by atoms with Gasteiger partial charge in [0.25, 0.3) is 0 Å². The number of likely N-dealkylation sites (tertiary alicyclic amines) is 1. The number of morpholine rings is 1. The first-order valence-electron chi connectivity index (χ1n) is 12.3. The van der Waals surface area contributed by atoms with Gasteiger partial charge in [0, 0.05) is 45.3 Å². The van der Waals surface area contributed by atoms with Crippen molar-refractivity contribution >= 4 is 5.96 Å². The van der Waals surface area contributed by atoms with Crippen molar-refractivity contribution in [1.82, 2.24) is 20.4 Å². The molecule has 2 aliphatic rings. The second-order valence-corrected chi connectivity index (χ2v) is 9.18. The van der Waals surface area contributed by atoms with Crippen LogP contribution in [0.5, 0.6) is 0 Å². The van der Waals surface area contributed by atoms with Crippen molar-refractivity contribution in [2.75, 3.05) is 39.3 Å². The van der Waals surface area contributed by atoms with Gasteiger partial charge in [-0.1, -0.05) is 31.2 Å². The number of piperidine rings is 1. The quantitative estimate of drug-likeness (QED) is 0.491. The number of benzene rings is 1. The van der Waals surface area contributed by atoms with Crippen LogP contribution in [0.2, 0.25) is 0 Å². The molecule has 0 spiro atoms. The van der Waals surface area contributed by atoms with Gasteiger partial charge in [-0.25, -0.2) is 4.99 Å². The van der Waals surface area contributed by atoms with E-state index in [0.717, 1.165) is 32.1 Å². The van der Waals surface area contributed by atoms with E-state index in [0.29, 0.717) is 24.8 Å². The molecular weight excluding hydrogens is 386 g/mol. The van der Waals surface area contributed by atoms with Gasteiger partial charge in [0.05, 0.1) is 18.8 Å². The maximum absolute atomic E-state index is 5.90. The van der Waals surface area contributed by atoms with Crippen LogP contribution in [0.25, 0.3) is 0 Å². The fraction of sp³-hybridized carbons (Fsp3) is 0.720. The Morgan fingerprint density at radius 1 is 1.03 bits per heavy atom. The molecule has 2 atom stereocenters. The van der Waals surface area contributed by atoms with Gasteiger partial charge in [-0.3, -0.25) is 4.90 Å². The van der Waals surface area contributed by atoms with E-state index in [9.17, 15) is 0 Å². The van der Waals surface area contributed by atoms with E-state index < -0.39 is 0 Å². The minimum absolute atomic E-state index is 0.294. The lowest BCUT2D eigenvalue weighted by Crippen LogP contribution is -2.48. The normalized spacial score (nSPS) is 24.3. The van der Waals surface area contributed by atoms with Crippen LogP contribution in [0.3, 0.4) is 0 Å². The minimum Gasteiger partial charge on any atom is -0.373 e. The number of rotatable bonds is 8. The maximum Gasteiger partial charge on any atom is 0.191 e. The van der Waals surface area contributed by atoms with Gasteiger partial charge in [-0.2, -0.15) is 0 Å². The Bertz CT molecular complexity index is 676. The number of guanidine groups is 1. The lowest BCUT2D eigenvalue weighted by Gasteiger charge is -2.35. The molecule has 3 rings (SSSR count). The molecule has 6 heteroatoms. The van der Waals surface area contributed by atoms with Gasteiger partial charge in [-0.05, 0) is 57.7 Å². The molecule has 0 bridgehead atoms. The van der Waals surface area contributed by atoms with Crippen LogP contribution in [-0.2, 0) is 17.8 Å². The summed E-state index contributed by atoms with van der Waals surface area (Å²) in [5.74, 6) is 0.944. The summed E-state index contributed by atoms with van der Waals surface area (Å²) in [4.78, 5) is 10.0. The molecule has 2 N–H and O–H groups in total. The first kappa shape index (κ1) is 24.0.